The van der Waals surface area contributed by atoms with E-state index < -0.39 is 3.23 Å². The number of hydrogen-bond donors (Lipinski definition) is 0. The molecule has 0 aliphatic heterocycles. The molecule has 0 N–H and O–H groups in total. The van der Waals surface area contributed by atoms with Crippen molar-refractivity contribution in [2.45, 2.75) is 33.2 Å². The van der Waals surface area contributed by atoms with Crippen molar-refractivity contribution in [3.8, 4) is 0 Å². The molecule has 0 radical (unpaired) electrons. The molecule has 82 valence electrons. The summed E-state index contributed by atoms with van der Waals surface area (Å²) in [7, 11) is 0. The third-order valence-corrected chi connectivity index (χ3v) is 6.79. The van der Waals surface area contributed by atoms with Crippen molar-refractivity contribution in [1.29, 1.82) is 0 Å². The highest BCUT2D eigenvalue weighted by atomic mass is 79.9. The van der Waals surface area contributed by atoms with E-state index in [2.05, 4.69) is 53.9 Å². The van der Waals surface area contributed by atoms with Gasteiger partial charge in [0.15, 0.2) is 5.78 Å². The van der Waals surface area contributed by atoms with Gasteiger partial charge in [-0.3, -0.25) is 4.79 Å². The molecule has 0 spiro atoms. The maximum Gasteiger partial charge on any atom is 0.177 e. The van der Waals surface area contributed by atoms with E-state index in [0.717, 1.165) is 25.7 Å². The molecule has 0 heterocycles. The standard InChI is InChI=1S/C11H11Br3O/c12-10-3-1-6-5-7(8(6)10)2-4-11(13,14)9(10)15/h5-6,8H,1-4H2/t6-,8-,10+/m1/s1. The molecular weight excluding hydrogens is 388 g/mol. The van der Waals surface area contributed by atoms with Crippen molar-refractivity contribution in [1.82, 2.24) is 0 Å². The SMILES string of the molecule is O=C1C(Br)(Br)CCC2=C[C@H]3CC[C@]1(Br)[C@@H]23. The molecule has 15 heavy (non-hydrogen) atoms. The molecule has 3 aliphatic rings. The topological polar surface area (TPSA) is 17.1 Å². The van der Waals surface area contributed by atoms with Crippen molar-refractivity contribution < 1.29 is 4.79 Å². The highest BCUT2D eigenvalue weighted by molar-refractivity contribution is 9.26. The van der Waals surface area contributed by atoms with Crippen molar-refractivity contribution in [2.75, 3.05) is 0 Å². The molecule has 0 saturated heterocycles. The van der Waals surface area contributed by atoms with Gasteiger partial charge in [-0.25, -0.2) is 0 Å². The van der Waals surface area contributed by atoms with Crippen LogP contribution in [0.2, 0.25) is 0 Å². The molecule has 3 atom stereocenters. The summed E-state index contributed by atoms with van der Waals surface area (Å²) in [5, 5.41) is 0. The van der Waals surface area contributed by atoms with E-state index in [1.807, 2.05) is 0 Å². The Morgan fingerprint density at radius 3 is 2.73 bits per heavy atom. The molecule has 1 nitrogen and oxygen atoms in total. The van der Waals surface area contributed by atoms with Crippen LogP contribution < -0.4 is 0 Å². The fourth-order valence-corrected chi connectivity index (χ4v) is 6.10. The zero-order valence-electron chi connectivity index (χ0n) is 8.10. The average molecular weight is 399 g/mol. The lowest BCUT2D eigenvalue weighted by Crippen LogP contribution is -2.45. The van der Waals surface area contributed by atoms with Gasteiger partial charge in [0.2, 0.25) is 0 Å². The van der Waals surface area contributed by atoms with Gasteiger partial charge >= 0.3 is 0 Å². The number of Topliss-reactive ketones (excluding diaryl/α,β-unsaturated/α-hetero) is 1. The van der Waals surface area contributed by atoms with Crippen LogP contribution in [0, 0.1) is 11.8 Å². The summed E-state index contributed by atoms with van der Waals surface area (Å²) in [5.74, 6) is 1.41. The van der Waals surface area contributed by atoms with Gasteiger partial charge in [0.25, 0.3) is 0 Å². The van der Waals surface area contributed by atoms with Crippen LogP contribution in [-0.4, -0.2) is 13.3 Å². The van der Waals surface area contributed by atoms with Crippen LogP contribution in [0.25, 0.3) is 0 Å². The Bertz CT molecular complexity index is 374. The molecule has 4 heteroatoms. The molecule has 2 fully saturated rings. The smallest absolute Gasteiger partial charge is 0.177 e. The van der Waals surface area contributed by atoms with E-state index in [4.69, 9.17) is 0 Å². The summed E-state index contributed by atoms with van der Waals surface area (Å²) in [4.78, 5) is 12.5. The quantitative estimate of drug-likeness (QED) is 0.446. The second kappa shape index (κ2) is 3.20. The van der Waals surface area contributed by atoms with Gasteiger partial charge in [-0.15, -0.1) is 0 Å². The minimum absolute atomic E-state index is 0.283. The van der Waals surface area contributed by atoms with Crippen molar-refractivity contribution in [2.24, 2.45) is 11.8 Å². The van der Waals surface area contributed by atoms with Crippen molar-refractivity contribution in [3.05, 3.63) is 11.6 Å². The number of hydrogen-bond acceptors (Lipinski definition) is 1. The first-order valence-corrected chi connectivity index (χ1v) is 7.65. The Kier molecular flexibility index (Phi) is 2.34. The van der Waals surface area contributed by atoms with Gasteiger partial charge in [0.05, 0.1) is 4.32 Å². The molecule has 3 aliphatic carbocycles. The molecule has 3 rings (SSSR count). The maximum atomic E-state index is 12.5. The van der Waals surface area contributed by atoms with Gasteiger partial charge in [0, 0.05) is 5.92 Å². The zero-order chi connectivity index (χ0) is 10.8. The van der Waals surface area contributed by atoms with Crippen LogP contribution in [0.5, 0.6) is 0 Å². The normalized spacial score (nSPS) is 46.6. The van der Waals surface area contributed by atoms with E-state index >= 15 is 0 Å². The van der Waals surface area contributed by atoms with Gasteiger partial charge in [-0.2, -0.15) is 0 Å². The Labute approximate surface area is 114 Å². The number of rotatable bonds is 0. The predicted octanol–water partition coefficient (Wildman–Crippen LogP) is 3.94. The fourth-order valence-electron chi connectivity index (χ4n) is 3.26. The van der Waals surface area contributed by atoms with Crippen LogP contribution in [0.15, 0.2) is 11.6 Å². The average Bonchev–Trinajstić information content (AvgIpc) is 2.35. The molecule has 0 amide bonds. The summed E-state index contributed by atoms with van der Waals surface area (Å²) < 4.78 is -0.818. The number of halogens is 3. The molecular formula is C11H11Br3O. The van der Waals surface area contributed by atoms with Crippen molar-refractivity contribution in [3.63, 3.8) is 0 Å². The minimum Gasteiger partial charge on any atom is -0.296 e. The maximum absolute atomic E-state index is 12.5. The number of carbonyl (C=O) groups is 1. The van der Waals surface area contributed by atoms with E-state index in [1.165, 1.54) is 5.57 Å². The lowest BCUT2D eigenvalue weighted by Gasteiger charge is -2.37. The van der Waals surface area contributed by atoms with Gasteiger partial charge < -0.3 is 0 Å². The van der Waals surface area contributed by atoms with Gasteiger partial charge in [-0.1, -0.05) is 59.4 Å². The summed E-state index contributed by atoms with van der Waals surface area (Å²) in [6, 6.07) is 0. The summed E-state index contributed by atoms with van der Waals surface area (Å²) in [6.45, 7) is 0. The van der Waals surface area contributed by atoms with E-state index in [-0.39, 0.29) is 10.1 Å². The first-order chi connectivity index (χ1) is 6.95. The highest BCUT2D eigenvalue weighted by Gasteiger charge is 2.61. The van der Waals surface area contributed by atoms with E-state index in [9.17, 15) is 4.79 Å². The second-order valence-electron chi connectivity index (χ2n) is 4.82. The third kappa shape index (κ3) is 1.34. The molecule has 0 aromatic heterocycles. The lowest BCUT2D eigenvalue weighted by atomic mass is 9.72. The Morgan fingerprint density at radius 1 is 1.27 bits per heavy atom. The van der Waals surface area contributed by atoms with Crippen LogP contribution in [0.4, 0.5) is 0 Å². The Hall–Kier alpha value is 0.850. The number of carbonyl (C=O) groups excluding carboxylic acids is 1. The first kappa shape index (κ1) is 11.0. The third-order valence-electron chi connectivity index (χ3n) is 4.03. The van der Waals surface area contributed by atoms with Crippen LogP contribution in [0.1, 0.15) is 25.7 Å². The molecule has 0 aromatic rings. The molecule has 0 unspecified atom stereocenters. The Morgan fingerprint density at radius 2 is 2.00 bits per heavy atom. The zero-order valence-corrected chi connectivity index (χ0v) is 12.9. The predicted molar refractivity (Wildman–Crippen MR) is 70.8 cm³/mol. The number of allylic oxidation sites excluding steroid dienone is 2. The lowest BCUT2D eigenvalue weighted by molar-refractivity contribution is -0.121. The Balaban J connectivity index is 2.08. The number of alkyl halides is 3. The van der Waals surface area contributed by atoms with Crippen LogP contribution in [-0.2, 0) is 4.79 Å². The second-order valence-corrected chi connectivity index (χ2v) is 10.0. The highest BCUT2D eigenvalue weighted by Crippen LogP contribution is 2.62. The minimum atomic E-state index is -0.517. The number of ketones is 1. The van der Waals surface area contributed by atoms with E-state index in [1.54, 1.807) is 0 Å². The largest absolute Gasteiger partial charge is 0.296 e. The van der Waals surface area contributed by atoms with Crippen LogP contribution >= 0.6 is 47.8 Å². The summed E-state index contributed by atoms with van der Waals surface area (Å²) >= 11 is 10.8. The van der Waals surface area contributed by atoms with Gasteiger partial charge in [0.1, 0.15) is 3.23 Å². The van der Waals surface area contributed by atoms with Gasteiger partial charge in [-0.05, 0) is 31.6 Å². The first-order valence-electron chi connectivity index (χ1n) is 5.27. The van der Waals surface area contributed by atoms with Crippen molar-refractivity contribution >= 4 is 53.6 Å². The fraction of sp³-hybridized carbons (Fsp3) is 0.727. The molecule has 2 saturated carbocycles. The summed E-state index contributed by atoms with van der Waals surface area (Å²) in [5.41, 5.74) is 1.49. The van der Waals surface area contributed by atoms with Crippen LogP contribution in [0.3, 0.4) is 0 Å². The molecule has 0 bridgehead atoms. The monoisotopic (exact) mass is 396 g/mol. The summed E-state index contributed by atoms with van der Waals surface area (Å²) in [6.07, 6.45) is 6.40. The van der Waals surface area contributed by atoms with E-state index in [0.29, 0.717) is 11.8 Å². The molecule has 0 aromatic carbocycles.